The second-order valence-corrected chi connectivity index (χ2v) is 6.16. The van der Waals surface area contributed by atoms with Gasteiger partial charge < -0.3 is 15.4 Å². The Morgan fingerprint density at radius 3 is 2.35 bits per heavy atom. The van der Waals surface area contributed by atoms with E-state index in [1.807, 2.05) is 26.8 Å². The summed E-state index contributed by atoms with van der Waals surface area (Å²) in [6.45, 7) is 5.48. The lowest BCUT2D eigenvalue weighted by Crippen LogP contribution is -2.53. The molecule has 8 heteroatoms. The van der Waals surface area contributed by atoms with E-state index in [4.69, 9.17) is 17.0 Å². The van der Waals surface area contributed by atoms with Gasteiger partial charge in [0.05, 0.1) is 6.54 Å². The maximum absolute atomic E-state index is 11.6. The number of rotatable bonds is 5. The highest BCUT2D eigenvalue weighted by Gasteiger charge is 2.11. The number of hydrazine groups is 1. The minimum Gasteiger partial charge on any atom is -0.484 e. The van der Waals surface area contributed by atoms with Crippen molar-refractivity contribution in [3.63, 3.8) is 0 Å². The Morgan fingerprint density at radius 1 is 1.09 bits per heavy atom. The Morgan fingerprint density at radius 2 is 1.74 bits per heavy atom. The number of hydrogen-bond acceptors (Lipinski definition) is 4. The summed E-state index contributed by atoms with van der Waals surface area (Å²) >= 11 is 5.01. The third kappa shape index (κ3) is 9.30. The number of thiocarbonyl (C=S) groups is 1. The second-order valence-electron chi connectivity index (χ2n) is 5.76. The molecule has 0 aliphatic heterocycles. The van der Waals surface area contributed by atoms with Crippen molar-refractivity contribution in [2.75, 3.05) is 13.2 Å². The first-order valence-electron chi connectivity index (χ1n) is 7.08. The maximum atomic E-state index is 11.6. The van der Waals surface area contributed by atoms with Gasteiger partial charge in [0.2, 0.25) is 0 Å². The van der Waals surface area contributed by atoms with Gasteiger partial charge in [0.1, 0.15) is 5.75 Å². The quantitative estimate of drug-likeness (QED) is 0.461. The zero-order valence-corrected chi connectivity index (χ0v) is 14.3. The van der Waals surface area contributed by atoms with E-state index in [0.717, 1.165) is 0 Å². The third-order valence-electron chi connectivity index (χ3n) is 2.36. The fraction of sp³-hybridized carbons (Fsp3) is 0.400. The lowest BCUT2D eigenvalue weighted by molar-refractivity contribution is -0.127. The summed E-state index contributed by atoms with van der Waals surface area (Å²) in [6.07, 6.45) is 0. The first kappa shape index (κ1) is 18.7. The number of para-hydroxylation sites is 1. The van der Waals surface area contributed by atoms with Crippen molar-refractivity contribution < 1.29 is 14.3 Å². The van der Waals surface area contributed by atoms with E-state index in [-0.39, 0.29) is 24.6 Å². The fourth-order valence-electron chi connectivity index (χ4n) is 1.44. The minimum absolute atomic E-state index is 0.158. The average molecular weight is 338 g/mol. The molecule has 0 unspecified atom stereocenters. The number of ether oxygens (including phenoxy) is 1. The minimum atomic E-state index is -0.420. The number of amides is 2. The summed E-state index contributed by atoms with van der Waals surface area (Å²) in [5.74, 6) is -0.220. The van der Waals surface area contributed by atoms with Crippen molar-refractivity contribution in [1.82, 2.24) is 21.5 Å². The number of hydrogen-bond donors (Lipinski definition) is 4. The van der Waals surface area contributed by atoms with E-state index in [0.29, 0.717) is 10.9 Å². The predicted octanol–water partition coefficient (Wildman–Crippen LogP) is 0.475. The van der Waals surface area contributed by atoms with Gasteiger partial charge in [0.25, 0.3) is 11.8 Å². The molecular weight excluding hydrogens is 316 g/mol. The molecule has 0 aliphatic rings. The molecule has 23 heavy (non-hydrogen) atoms. The highest BCUT2D eigenvalue weighted by molar-refractivity contribution is 7.80. The standard InChI is InChI=1S/C15H22N4O3S/c1-15(2,3)17-14(23)19-18-12(20)9-16-13(21)10-22-11-7-5-4-6-8-11/h4-8H,9-10H2,1-3H3,(H,16,21)(H,18,20)(H2,17,19,23). The second kappa shape index (κ2) is 8.94. The van der Waals surface area contributed by atoms with E-state index in [1.165, 1.54) is 0 Å². The predicted molar refractivity (Wildman–Crippen MR) is 91.7 cm³/mol. The summed E-state index contributed by atoms with van der Waals surface area (Å²) in [5, 5.41) is 5.72. The lowest BCUT2D eigenvalue weighted by Gasteiger charge is -2.23. The Kier molecular flexibility index (Phi) is 7.27. The monoisotopic (exact) mass is 338 g/mol. The van der Waals surface area contributed by atoms with Crippen molar-refractivity contribution in [3.8, 4) is 5.75 Å². The van der Waals surface area contributed by atoms with Crippen molar-refractivity contribution >= 4 is 29.1 Å². The van der Waals surface area contributed by atoms with E-state index in [9.17, 15) is 9.59 Å². The zero-order chi connectivity index (χ0) is 17.3. The van der Waals surface area contributed by atoms with Crippen LogP contribution in [-0.4, -0.2) is 35.6 Å². The molecule has 0 heterocycles. The fourth-order valence-corrected chi connectivity index (χ4v) is 1.80. The van der Waals surface area contributed by atoms with Crippen molar-refractivity contribution in [3.05, 3.63) is 30.3 Å². The van der Waals surface area contributed by atoms with Crippen LogP contribution in [0.25, 0.3) is 0 Å². The first-order chi connectivity index (χ1) is 10.8. The molecule has 126 valence electrons. The van der Waals surface area contributed by atoms with Gasteiger partial charge in [-0.2, -0.15) is 0 Å². The molecule has 7 nitrogen and oxygen atoms in total. The molecule has 0 atom stereocenters. The van der Waals surface area contributed by atoms with Crippen LogP contribution in [0.15, 0.2) is 30.3 Å². The van der Waals surface area contributed by atoms with E-state index in [1.54, 1.807) is 24.3 Å². The summed E-state index contributed by atoms with van der Waals surface area (Å²) in [7, 11) is 0. The van der Waals surface area contributed by atoms with Gasteiger partial charge in [-0.1, -0.05) is 18.2 Å². The number of carbonyl (C=O) groups is 2. The van der Waals surface area contributed by atoms with Gasteiger partial charge in [0, 0.05) is 5.54 Å². The van der Waals surface area contributed by atoms with Crippen LogP contribution in [0.3, 0.4) is 0 Å². The Bertz CT molecular complexity index is 543. The molecule has 0 saturated carbocycles. The Hall–Kier alpha value is -2.35. The van der Waals surface area contributed by atoms with Crippen LogP contribution >= 0.6 is 12.2 Å². The molecular formula is C15H22N4O3S. The van der Waals surface area contributed by atoms with Crippen LogP contribution in [0.4, 0.5) is 0 Å². The van der Waals surface area contributed by atoms with Crippen LogP contribution in [0.2, 0.25) is 0 Å². The number of carbonyl (C=O) groups excluding carboxylic acids is 2. The van der Waals surface area contributed by atoms with Gasteiger partial charge >= 0.3 is 0 Å². The van der Waals surface area contributed by atoms with E-state index >= 15 is 0 Å². The molecule has 1 aromatic carbocycles. The largest absolute Gasteiger partial charge is 0.484 e. The molecule has 2 amide bonds. The van der Waals surface area contributed by atoms with Crippen LogP contribution in [0.1, 0.15) is 20.8 Å². The molecule has 0 aromatic heterocycles. The molecule has 0 spiro atoms. The van der Waals surface area contributed by atoms with Crippen molar-refractivity contribution in [1.29, 1.82) is 0 Å². The molecule has 0 saturated heterocycles. The van der Waals surface area contributed by atoms with Gasteiger partial charge in [-0.3, -0.25) is 20.4 Å². The zero-order valence-electron chi connectivity index (χ0n) is 13.4. The van der Waals surface area contributed by atoms with Crippen molar-refractivity contribution in [2.45, 2.75) is 26.3 Å². The normalized spacial score (nSPS) is 10.4. The van der Waals surface area contributed by atoms with Gasteiger partial charge in [-0.25, -0.2) is 0 Å². The first-order valence-corrected chi connectivity index (χ1v) is 7.48. The highest BCUT2D eigenvalue weighted by Crippen LogP contribution is 2.07. The molecule has 0 bridgehead atoms. The summed E-state index contributed by atoms with van der Waals surface area (Å²) in [4.78, 5) is 23.1. The van der Waals surface area contributed by atoms with Crippen molar-refractivity contribution in [2.24, 2.45) is 0 Å². The SMILES string of the molecule is CC(C)(C)NC(=S)NNC(=O)CNC(=O)COc1ccccc1. The van der Waals surface area contributed by atoms with Gasteiger partial charge in [-0.15, -0.1) is 0 Å². The third-order valence-corrected chi connectivity index (χ3v) is 2.57. The van der Waals surface area contributed by atoms with Gasteiger partial charge in [-0.05, 0) is 45.1 Å². The Balaban J connectivity index is 2.17. The topological polar surface area (TPSA) is 91.5 Å². The molecule has 0 fully saturated rings. The summed E-state index contributed by atoms with van der Waals surface area (Å²) in [6, 6.07) is 8.95. The van der Waals surface area contributed by atoms with Gasteiger partial charge in [0.15, 0.2) is 11.7 Å². The summed E-state index contributed by atoms with van der Waals surface area (Å²) in [5.41, 5.74) is 4.73. The molecule has 0 aliphatic carbocycles. The molecule has 0 radical (unpaired) electrons. The number of benzene rings is 1. The highest BCUT2D eigenvalue weighted by atomic mass is 32.1. The smallest absolute Gasteiger partial charge is 0.258 e. The van der Waals surface area contributed by atoms with E-state index in [2.05, 4.69) is 21.5 Å². The average Bonchev–Trinajstić information content (AvgIpc) is 2.48. The summed E-state index contributed by atoms with van der Waals surface area (Å²) < 4.78 is 5.26. The molecule has 1 aromatic rings. The Labute approximate surface area is 141 Å². The molecule has 1 rings (SSSR count). The van der Waals surface area contributed by atoms with Crippen LogP contribution in [0, 0.1) is 0 Å². The van der Waals surface area contributed by atoms with E-state index < -0.39 is 5.91 Å². The lowest BCUT2D eigenvalue weighted by atomic mass is 10.1. The van der Waals surface area contributed by atoms with Crippen LogP contribution < -0.4 is 26.2 Å². The number of nitrogens with one attached hydrogen (secondary N) is 4. The van der Waals surface area contributed by atoms with Crippen LogP contribution in [0.5, 0.6) is 5.75 Å². The maximum Gasteiger partial charge on any atom is 0.258 e. The van der Waals surface area contributed by atoms with Crippen LogP contribution in [-0.2, 0) is 9.59 Å². The molecule has 4 N–H and O–H groups in total.